The van der Waals surface area contributed by atoms with Crippen LogP contribution in [0.5, 0.6) is 0 Å². The van der Waals surface area contributed by atoms with Gasteiger partial charge in [-0.1, -0.05) is 18.2 Å². The molecule has 0 unspecified atom stereocenters. The van der Waals surface area contributed by atoms with Gasteiger partial charge in [0.2, 0.25) is 0 Å². The number of carbonyl (C=O) groups excluding carboxylic acids is 1. The maximum Gasteiger partial charge on any atom is 0.144 e. The standard InChI is InChI=1S/C13H14OS/c1-2-3-5-8-12(14)11-15-13-9-6-4-7-10-13/h4,6-7,9-10H,5,8,11H2,1H3. The zero-order valence-corrected chi connectivity index (χ0v) is 9.64. The lowest BCUT2D eigenvalue weighted by Gasteiger charge is -1.99. The van der Waals surface area contributed by atoms with Crippen LogP contribution in [0.3, 0.4) is 0 Å². The Morgan fingerprint density at radius 1 is 1.33 bits per heavy atom. The van der Waals surface area contributed by atoms with Gasteiger partial charge in [-0.25, -0.2) is 0 Å². The number of Topliss-reactive ketones (excluding diaryl/α,β-unsaturated/α-hetero) is 1. The summed E-state index contributed by atoms with van der Waals surface area (Å²) in [5, 5.41) is 0. The molecule has 78 valence electrons. The second kappa shape index (κ2) is 7.14. The number of benzene rings is 1. The van der Waals surface area contributed by atoms with Crippen molar-refractivity contribution >= 4 is 17.5 Å². The minimum atomic E-state index is 0.270. The predicted molar refractivity (Wildman–Crippen MR) is 64.9 cm³/mol. The molecule has 0 aliphatic carbocycles. The Kier molecular flexibility index (Phi) is 5.65. The summed E-state index contributed by atoms with van der Waals surface area (Å²) in [6.07, 6.45) is 1.26. The molecular weight excluding hydrogens is 204 g/mol. The summed E-state index contributed by atoms with van der Waals surface area (Å²) in [5.41, 5.74) is 0. The van der Waals surface area contributed by atoms with Crippen LogP contribution in [0.25, 0.3) is 0 Å². The fourth-order valence-electron chi connectivity index (χ4n) is 1.08. The average Bonchev–Trinajstić information content (AvgIpc) is 2.28. The molecule has 1 rings (SSSR count). The lowest BCUT2D eigenvalue weighted by Crippen LogP contribution is -2.00. The molecule has 0 aromatic heterocycles. The van der Waals surface area contributed by atoms with Crippen LogP contribution in [-0.2, 0) is 4.79 Å². The third-order valence-electron chi connectivity index (χ3n) is 1.85. The molecule has 2 heteroatoms. The van der Waals surface area contributed by atoms with Gasteiger partial charge in [-0.15, -0.1) is 23.6 Å². The van der Waals surface area contributed by atoms with E-state index in [2.05, 4.69) is 11.8 Å². The van der Waals surface area contributed by atoms with Gasteiger partial charge in [0, 0.05) is 17.7 Å². The highest BCUT2D eigenvalue weighted by atomic mass is 32.2. The van der Waals surface area contributed by atoms with Gasteiger partial charge < -0.3 is 0 Å². The molecule has 0 radical (unpaired) electrons. The van der Waals surface area contributed by atoms with Crippen LogP contribution in [0.2, 0.25) is 0 Å². The summed E-state index contributed by atoms with van der Waals surface area (Å²) >= 11 is 1.59. The van der Waals surface area contributed by atoms with E-state index in [1.54, 1.807) is 18.7 Å². The maximum absolute atomic E-state index is 11.4. The highest BCUT2D eigenvalue weighted by Crippen LogP contribution is 2.17. The van der Waals surface area contributed by atoms with Gasteiger partial charge in [0.1, 0.15) is 5.78 Å². The molecule has 0 fully saturated rings. The van der Waals surface area contributed by atoms with Gasteiger partial charge in [-0.2, -0.15) is 0 Å². The number of ketones is 1. The fourth-order valence-corrected chi connectivity index (χ4v) is 1.90. The topological polar surface area (TPSA) is 17.1 Å². The number of hydrogen-bond donors (Lipinski definition) is 0. The second-order valence-electron chi connectivity index (χ2n) is 3.07. The van der Waals surface area contributed by atoms with Crippen molar-refractivity contribution < 1.29 is 4.79 Å². The summed E-state index contributed by atoms with van der Waals surface area (Å²) in [7, 11) is 0. The number of hydrogen-bond acceptors (Lipinski definition) is 2. The van der Waals surface area contributed by atoms with Gasteiger partial charge in [0.15, 0.2) is 0 Å². The maximum atomic E-state index is 11.4. The Bertz CT molecular complexity index is 359. The van der Waals surface area contributed by atoms with Crippen molar-refractivity contribution in [1.82, 2.24) is 0 Å². The minimum absolute atomic E-state index is 0.270. The van der Waals surface area contributed by atoms with Crippen LogP contribution >= 0.6 is 11.8 Å². The van der Waals surface area contributed by atoms with Crippen LogP contribution in [0.1, 0.15) is 19.8 Å². The van der Waals surface area contributed by atoms with Crippen LogP contribution in [0.4, 0.5) is 0 Å². The van der Waals surface area contributed by atoms with Crippen LogP contribution in [0.15, 0.2) is 35.2 Å². The Labute approximate surface area is 95.3 Å². The van der Waals surface area contributed by atoms with Crippen molar-refractivity contribution in [3.05, 3.63) is 30.3 Å². The molecule has 0 atom stereocenters. The first kappa shape index (κ1) is 11.9. The largest absolute Gasteiger partial charge is 0.299 e. The smallest absolute Gasteiger partial charge is 0.144 e. The van der Waals surface area contributed by atoms with Gasteiger partial charge in [0.25, 0.3) is 0 Å². The molecule has 0 saturated carbocycles. The zero-order chi connectivity index (χ0) is 10.9. The summed E-state index contributed by atoms with van der Waals surface area (Å²) in [5.74, 6) is 6.51. The first-order valence-corrected chi connectivity index (χ1v) is 5.90. The van der Waals surface area contributed by atoms with Gasteiger partial charge in [-0.05, 0) is 19.1 Å². The third-order valence-corrected chi connectivity index (χ3v) is 2.92. The monoisotopic (exact) mass is 218 g/mol. The second-order valence-corrected chi connectivity index (χ2v) is 4.12. The Morgan fingerprint density at radius 3 is 2.73 bits per heavy atom. The van der Waals surface area contributed by atoms with Crippen molar-refractivity contribution in [2.75, 3.05) is 5.75 Å². The van der Waals surface area contributed by atoms with E-state index in [0.717, 1.165) is 4.90 Å². The van der Waals surface area contributed by atoms with Gasteiger partial charge in [0.05, 0.1) is 5.75 Å². The average molecular weight is 218 g/mol. The normalized spacial score (nSPS) is 9.13. The highest BCUT2D eigenvalue weighted by Gasteiger charge is 2.01. The van der Waals surface area contributed by atoms with Crippen molar-refractivity contribution in [3.8, 4) is 11.8 Å². The molecule has 1 nitrogen and oxygen atoms in total. The lowest BCUT2D eigenvalue weighted by molar-refractivity contribution is -0.116. The predicted octanol–water partition coefficient (Wildman–Crippen LogP) is 3.15. The van der Waals surface area contributed by atoms with Crippen molar-refractivity contribution in [2.24, 2.45) is 0 Å². The molecule has 1 aromatic rings. The van der Waals surface area contributed by atoms with Crippen LogP contribution in [0, 0.1) is 11.8 Å². The Morgan fingerprint density at radius 2 is 2.07 bits per heavy atom. The highest BCUT2D eigenvalue weighted by molar-refractivity contribution is 8.00. The van der Waals surface area contributed by atoms with E-state index >= 15 is 0 Å². The molecular formula is C13H14OS. The SMILES string of the molecule is CC#CCCC(=O)CSc1ccccc1. The molecule has 0 spiro atoms. The number of rotatable bonds is 5. The molecule has 0 bridgehead atoms. The van der Waals surface area contributed by atoms with E-state index in [4.69, 9.17) is 0 Å². The van der Waals surface area contributed by atoms with E-state index < -0.39 is 0 Å². The number of thioether (sulfide) groups is 1. The van der Waals surface area contributed by atoms with E-state index in [1.807, 2.05) is 30.3 Å². The quantitative estimate of drug-likeness (QED) is 0.558. The molecule has 0 saturated heterocycles. The first-order valence-electron chi connectivity index (χ1n) is 4.92. The van der Waals surface area contributed by atoms with Crippen LogP contribution in [-0.4, -0.2) is 11.5 Å². The van der Waals surface area contributed by atoms with Crippen LogP contribution < -0.4 is 0 Å². The van der Waals surface area contributed by atoms with Crippen molar-refractivity contribution in [1.29, 1.82) is 0 Å². The van der Waals surface area contributed by atoms with E-state index in [9.17, 15) is 4.79 Å². The Hall–Kier alpha value is -1.20. The number of carbonyl (C=O) groups is 1. The van der Waals surface area contributed by atoms with E-state index in [-0.39, 0.29) is 5.78 Å². The lowest BCUT2D eigenvalue weighted by atomic mass is 10.2. The molecule has 0 heterocycles. The van der Waals surface area contributed by atoms with E-state index in [1.165, 1.54) is 0 Å². The summed E-state index contributed by atoms with van der Waals surface area (Å²) < 4.78 is 0. The molecule has 0 aliphatic rings. The Balaban J connectivity index is 2.24. The molecule has 0 amide bonds. The van der Waals surface area contributed by atoms with Crippen molar-refractivity contribution in [3.63, 3.8) is 0 Å². The molecule has 1 aromatic carbocycles. The summed E-state index contributed by atoms with van der Waals surface area (Å²) in [6, 6.07) is 9.97. The van der Waals surface area contributed by atoms with Gasteiger partial charge >= 0.3 is 0 Å². The zero-order valence-electron chi connectivity index (χ0n) is 8.82. The summed E-state index contributed by atoms with van der Waals surface area (Å²) in [4.78, 5) is 12.5. The third kappa shape index (κ3) is 5.29. The molecule has 0 aliphatic heterocycles. The first-order chi connectivity index (χ1) is 7.33. The summed E-state index contributed by atoms with van der Waals surface area (Å²) in [6.45, 7) is 1.79. The molecule has 15 heavy (non-hydrogen) atoms. The minimum Gasteiger partial charge on any atom is -0.299 e. The molecule has 0 N–H and O–H groups in total. The fraction of sp³-hybridized carbons (Fsp3) is 0.308. The van der Waals surface area contributed by atoms with E-state index in [0.29, 0.717) is 18.6 Å². The van der Waals surface area contributed by atoms with Crippen molar-refractivity contribution in [2.45, 2.75) is 24.7 Å². The van der Waals surface area contributed by atoms with Gasteiger partial charge in [-0.3, -0.25) is 4.79 Å².